The summed E-state index contributed by atoms with van der Waals surface area (Å²) in [6.45, 7) is 13.7. The lowest BCUT2D eigenvalue weighted by atomic mass is 10.3. The standard InChI is InChI=1S/C12H15NO3S.2C2H6/c1-4-6-9(5-2)16-7-10-11(12(14)15)17-8(3)13-10;2*1-2/h4-6H,7H2,1-3H3,(H,14,15);2*1-2H3/b6-4-,9-5+;;. The van der Waals surface area contributed by atoms with Crippen LogP contribution >= 0.6 is 11.3 Å². The van der Waals surface area contributed by atoms with Gasteiger partial charge in [-0.2, -0.15) is 0 Å². The monoisotopic (exact) mass is 313 g/mol. The quantitative estimate of drug-likeness (QED) is 0.599. The van der Waals surface area contributed by atoms with Crippen LogP contribution in [0.3, 0.4) is 0 Å². The highest BCUT2D eigenvalue weighted by molar-refractivity contribution is 7.13. The minimum Gasteiger partial charge on any atom is -0.488 e. The Kier molecular flexibility index (Phi) is 13.8. The summed E-state index contributed by atoms with van der Waals surface area (Å²) < 4.78 is 5.48. The molecule has 0 radical (unpaired) electrons. The smallest absolute Gasteiger partial charge is 0.347 e. The number of aromatic carboxylic acids is 1. The van der Waals surface area contributed by atoms with Gasteiger partial charge in [0.2, 0.25) is 0 Å². The van der Waals surface area contributed by atoms with Gasteiger partial charge in [-0.1, -0.05) is 33.8 Å². The Hall–Kier alpha value is -1.62. The zero-order valence-electron chi connectivity index (χ0n) is 14.1. The molecule has 5 heteroatoms. The highest BCUT2D eigenvalue weighted by Gasteiger charge is 2.15. The first-order valence-corrected chi connectivity index (χ1v) is 8.01. The number of hydrogen-bond donors (Lipinski definition) is 1. The Morgan fingerprint density at radius 1 is 1.29 bits per heavy atom. The number of nitrogens with zero attached hydrogens (tertiary/aromatic N) is 1. The second kappa shape index (κ2) is 13.4. The normalized spacial score (nSPS) is 10.3. The molecule has 4 nitrogen and oxygen atoms in total. The lowest BCUT2D eigenvalue weighted by Crippen LogP contribution is -2.01. The minimum absolute atomic E-state index is 0.177. The topological polar surface area (TPSA) is 59.4 Å². The van der Waals surface area contributed by atoms with Crippen LogP contribution in [-0.2, 0) is 11.3 Å². The molecule has 0 aliphatic rings. The van der Waals surface area contributed by atoms with E-state index in [1.807, 2.05) is 59.8 Å². The summed E-state index contributed by atoms with van der Waals surface area (Å²) in [7, 11) is 0. The molecular formula is C16H27NO3S. The molecule has 0 aromatic carbocycles. The summed E-state index contributed by atoms with van der Waals surface area (Å²) in [5, 5.41) is 9.72. The maximum Gasteiger partial charge on any atom is 0.347 e. The predicted molar refractivity (Wildman–Crippen MR) is 89.9 cm³/mol. The van der Waals surface area contributed by atoms with E-state index in [9.17, 15) is 4.79 Å². The first kappa shape index (κ1) is 21.7. The van der Waals surface area contributed by atoms with Crippen LogP contribution in [0.25, 0.3) is 0 Å². The number of thiazole rings is 1. The van der Waals surface area contributed by atoms with Crippen molar-refractivity contribution in [1.29, 1.82) is 0 Å². The zero-order valence-corrected chi connectivity index (χ0v) is 14.9. The summed E-state index contributed by atoms with van der Waals surface area (Å²) in [5.41, 5.74) is 0.476. The van der Waals surface area contributed by atoms with E-state index in [-0.39, 0.29) is 11.5 Å². The molecule has 1 rings (SSSR count). The number of ether oxygens (including phenoxy) is 1. The van der Waals surface area contributed by atoms with Crippen LogP contribution in [0.2, 0.25) is 0 Å². The molecule has 0 saturated carbocycles. The first-order chi connectivity index (χ1) is 10.1. The van der Waals surface area contributed by atoms with E-state index in [0.29, 0.717) is 11.5 Å². The second-order valence-electron chi connectivity index (χ2n) is 3.29. The summed E-state index contributed by atoms with van der Waals surface area (Å²) in [6.07, 6.45) is 5.50. The molecule has 1 N–H and O–H groups in total. The SMILES string of the molecule is C/C=C\C(=C/C)OCc1nc(C)sc1C(=O)O.CC.CC. The molecular weight excluding hydrogens is 286 g/mol. The van der Waals surface area contributed by atoms with Crippen LogP contribution in [0.5, 0.6) is 0 Å². The Morgan fingerprint density at radius 3 is 2.29 bits per heavy atom. The molecule has 1 aromatic heterocycles. The maximum absolute atomic E-state index is 11.0. The van der Waals surface area contributed by atoms with E-state index >= 15 is 0 Å². The number of hydrogen-bond acceptors (Lipinski definition) is 4. The molecule has 0 aliphatic heterocycles. The number of aromatic nitrogens is 1. The van der Waals surface area contributed by atoms with E-state index in [0.717, 1.165) is 5.01 Å². The Labute approximate surface area is 132 Å². The van der Waals surface area contributed by atoms with Crippen molar-refractivity contribution in [3.05, 3.63) is 39.6 Å². The van der Waals surface area contributed by atoms with Crippen LogP contribution in [0.1, 0.15) is 61.9 Å². The van der Waals surface area contributed by atoms with Crippen LogP contribution in [0.4, 0.5) is 0 Å². The fourth-order valence-electron chi connectivity index (χ4n) is 1.28. The summed E-state index contributed by atoms with van der Waals surface area (Å²) in [6, 6.07) is 0. The Balaban J connectivity index is 0. The van der Waals surface area contributed by atoms with Crippen molar-refractivity contribution in [3.63, 3.8) is 0 Å². The maximum atomic E-state index is 11.0. The summed E-state index contributed by atoms with van der Waals surface area (Å²) >= 11 is 1.17. The van der Waals surface area contributed by atoms with Gasteiger partial charge in [-0.3, -0.25) is 0 Å². The van der Waals surface area contributed by atoms with E-state index in [2.05, 4.69) is 4.98 Å². The molecule has 0 spiro atoms. The second-order valence-corrected chi connectivity index (χ2v) is 4.50. The molecule has 0 saturated heterocycles. The minimum atomic E-state index is -0.956. The van der Waals surface area contributed by atoms with Gasteiger partial charge in [-0.05, 0) is 32.9 Å². The van der Waals surface area contributed by atoms with E-state index in [1.54, 1.807) is 6.92 Å². The molecule has 21 heavy (non-hydrogen) atoms. The number of allylic oxidation sites excluding steroid dienone is 3. The summed E-state index contributed by atoms with van der Waals surface area (Å²) in [5.74, 6) is -0.253. The Bertz CT molecular complexity index is 462. The van der Waals surface area contributed by atoms with Gasteiger partial charge in [0.05, 0.1) is 5.01 Å². The fourth-order valence-corrected chi connectivity index (χ4v) is 2.04. The predicted octanol–water partition coefficient (Wildman–Crippen LogP) is 5.20. The fraction of sp³-hybridized carbons (Fsp3) is 0.500. The Morgan fingerprint density at radius 2 is 1.86 bits per heavy atom. The molecule has 120 valence electrons. The molecule has 0 atom stereocenters. The van der Waals surface area contributed by atoms with Gasteiger partial charge in [-0.25, -0.2) is 9.78 Å². The van der Waals surface area contributed by atoms with Crippen molar-refractivity contribution in [3.8, 4) is 0 Å². The van der Waals surface area contributed by atoms with Crippen molar-refractivity contribution < 1.29 is 14.6 Å². The van der Waals surface area contributed by atoms with Crippen LogP contribution in [0.15, 0.2) is 24.0 Å². The number of carboxylic acids is 1. The molecule has 1 heterocycles. The number of carboxylic acid groups (broad SMARTS) is 1. The third-order valence-electron chi connectivity index (χ3n) is 1.99. The van der Waals surface area contributed by atoms with Crippen LogP contribution in [-0.4, -0.2) is 16.1 Å². The first-order valence-electron chi connectivity index (χ1n) is 7.19. The lowest BCUT2D eigenvalue weighted by Gasteiger charge is -2.05. The van der Waals surface area contributed by atoms with Crippen molar-refractivity contribution >= 4 is 17.3 Å². The molecule has 0 aliphatic carbocycles. The van der Waals surface area contributed by atoms with Crippen molar-refractivity contribution in [2.75, 3.05) is 0 Å². The third-order valence-corrected chi connectivity index (χ3v) is 2.99. The van der Waals surface area contributed by atoms with Gasteiger partial charge in [0.1, 0.15) is 22.9 Å². The van der Waals surface area contributed by atoms with Crippen LogP contribution < -0.4 is 0 Å². The van der Waals surface area contributed by atoms with Crippen LogP contribution in [0, 0.1) is 6.92 Å². The number of carbonyl (C=O) groups is 1. The number of rotatable bonds is 5. The highest BCUT2D eigenvalue weighted by Crippen LogP contribution is 2.19. The van der Waals surface area contributed by atoms with Crippen molar-refractivity contribution in [1.82, 2.24) is 4.98 Å². The van der Waals surface area contributed by atoms with E-state index < -0.39 is 5.97 Å². The van der Waals surface area contributed by atoms with Gasteiger partial charge in [-0.15, -0.1) is 11.3 Å². The van der Waals surface area contributed by atoms with E-state index in [1.165, 1.54) is 11.3 Å². The highest BCUT2D eigenvalue weighted by atomic mass is 32.1. The van der Waals surface area contributed by atoms with Crippen molar-refractivity contribution in [2.45, 2.75) is 55.1 Å². The molecule has 1 aromatic rings. The van der Waals surface area contributed by atoms with Gasteiger partial charge >= 0.3 is 5.97 Å². The van der Waals surface area contributed by atoms with Gasteiger partial charge in [0.25, 0.3) is 0 Å². The van der Waals surface area contributed by atoms with Gasteiger partial charge in [0, 0.05) is 0 Å². The summed E-state index contributed by atoms with van der Waals surface area (Å²) in [4.78, 5) is 15.4. The van der Waals surface area contributed by atoms with Gasteiger partial charge < -0.3 is 9.84 Å². The molecule has 0 unspecified atom stereocenters. The average Bonchev–Trinajstić information content (AvgIpc) is 2.89. The molecule has 0 bridgehead atoms. The zero-order chi connectivity index (χ0) is 16.8. The number of aryl methyl sites for hydroxylation is 1. The van der Waals surface area contributed by atoms with Gasteiger partial charge in [0.15, 0.2) is 0 Å². The molecule has 0 amide bonds. The largest absolute Gasteiger partial charge is 0.488 e. The average molecular weight is 313 g/mol. The third kappa shape index (κ3) is 8.30. The van der Waals surface area contributed by atoms with E-state index in [4.69, 9.17) is 9.84 Å². The lowest BCUT2D eigenvalue weighted by molar-refractivity contribution is 0.0697. The molecule has 0 fully saturated rings. The van der Waals surface area contributed by atoms with Crippen molar-refractivity contribution in [2.24, 2.45) is 0 Å².